The van der Waals surface area contributed by atoms with Crippen LogP contribution in [-0.4, -0.2) is 29.3 Å². The average Bonchev–Trinajstić information content (AvgIpc) is 2.53. The van der Waals surface area contributed by atoms with E-state index in [2.05, 4.69) is 5.32 Å². The van der Waals surface area contributed by atoms with Crippen LogP contribution in [0.4, 0.5) is 15.8 Å². The number of likely N-dealkylation sites (N-methyl/N-ethyl adjacent to an activating group) is 1. The van der Waals surface area contributed by atoms with Gasteiger partial charge in [0, 0.05) is 18.2 Å². The second-order valence-electron chi connectivity index (χ2n) is 5.97. The van der Waals surface area contributed by atoms with E-state index in [1.807, 2.05) is 6.92 Å². The van der Waals surface area contributed by atoms with Crippen molar-refractivity contribution in [3.05, 3.63) is 69.0 Å². The molecule has 0 heterocycles. The van der Waals surface area contributed by atoms with E-state index in [0.29, 0.717) is 11.1 Å². The second kappa shape index (κ2) is 7.85. The summed E-state index contributed by atoms with van der Waals surface area (Å²) in [5, 5.41) is 13.8. The third kappa shape index (κ3) is 4.60. The standard InChI is InChI=1S/C18H20FN3O3/c1-12-8-9-16(22(24)25)18(13(12)2)20-17(23)11-21(3)10-14-6-4-5-7-15(14)19/h4-9H,10-11H2,1-3H3,(H,20,23). The summed E-state index contributed by atoms with van der Waals surface area (Å²) in [5.41, 5.74) is 2.04. The van der Waals surface area contributed by atoms with Gasteiger partial charge in [-0.15, -0.1) is 0 Å². The quantitative estimate of drug-likeness (QED) is 0.643. The number of hydrogen-bond donors (Lipinski definition) is 1. The topological polar surface area (TPSA) is 75.5 Å². The first-order valence-corrected chi connectivity index (χ1v) is 7.76. The Labute approximate surface area is 145 Å². The minimum Gasteiger partial charge on any atom is -0.319 e. The molecular formula is C18H20FN3O3. The lowest BCUT2D eigenvalue weighted by atomic mass is 10.1. The lowest BCUT2D eigenvalue weighted by Crippen LogP contribution is -2.30. The van der Waals surface area contributed by atoms with E-state index in [9.17, 15) is 19.3 Å². The number of nitro benzene ring substituents is 1. The van der Waals surface area contributed by atoms with Crippen molar-refractivity contribution in [3.8, 4) is 0 Å². The first-order valence-electron chi connectivity index (χ1n) is 7.76. The maximum atomic E-state index is 13.7. The van der Waals surface area contributed by atoms with Crippen LogP contribution in [0.1, 0.15) is 16.7 Å². The van der Waals surface area contributed by atoms with Crippen LogP contribution in [0, 0.1) is 29.8 Å². The fourth-order valence-corrected chi connectivity index (χ4v) is 2.51. The molecule has 25 heavy (non-hydrogen) atoms. The third-order valence-electron chi connectivity index (χ3n) is 3.99. The van der Waals surface area contributed by atoms with Crippen LogP contribution in [0.3, 0.4) is 0 Å². The number of nitro groups is 1. The van der Waals surface area contributed by atoms with Crippen molar-refractivity contribution in [1.29, 1.82) is 0 Å². The zero-order chi connectivity index (χ0) is 18.6. The summed E-state index contributed by atoms with van der Waals surface area (Å²) < 4.78 is 13.7. The van der Waals surface area contributed by atoms with E-state index in [1.54, 1.807) is 43.1 Å². The molecular weight excluding hydrogens is 325 g/mol. The van der Waals surface area contributed by atoms with Crippen molar-refractivity contribution in [2.24, 2.45) is 0 Å². The van der Waals surface area contributed by atoms with E-state index in [1.165, 1.54) is 12.1 Å². The van der Waals surface area contributed by atoms with Crippen LogP contribution in [-0.2, 0) is 11.3 Å². The van der Waals surface area contributed by atoms with Crippen molar-refractivity contribution < 1.29 is 14.1 Å². The van der Waals surface area contributed by atoms with E-state index in [-0.39, 0.29) is 30.3 Å². The van der Waals surface area contributed by atoms with Gasteiger partial charge in [-0.05, 0) is 38.1 Å². The molecule has 0 bridgehead atoms. The van der Waals surface area contributed by atoms with Gasteiger partial charge in [0.2, 0.25) is 5.91 Å². The smallest absolute Gasteiger partial charge is 0.293 e. The lowest BCUT2D eigenvalue weighted by molar-refractivity contribution is -0.384. The van der Waals surface area contributed by atoms with E-state index in [0.717, 1.165) is 5.56 Å². The Morgan fingerprint density at radius 2 is 1.92 bits per heavy atom. The van der Waals surface area contributed by atoms with Gasteiger partial charge in [0.1, 0.15) is 11.5 Å². The van der Waals surface area contributed by atoms with E-state index in [4.69, 9.17) is 0 Å². The third-order valence-corrected chi connectivity index (χ3v) is 3.99. The van der Waals surface area contributed by atoms with Crippen LogP contribution in [0.2, 0.25) is 0 Å². The summed E-state index contributed by atoms with van der Waals surface area (Å²) in [6.45, 7) is 3.79. The van der Waals surface area contributed by atoms with Crippen molar-refractivity contribution in [1.82, 2.24) is 4.90 Å². The Bertz CT molecular complexity index is 808. The first kappa shape index (κ1) is 18.5. The molecule has 6 nitrogen and oxygen atoms in total. The summed E-state index contributed by atoms with van der Waals surface area (Å²) in [7, 11) is 1.68. The van der Waals surface area contributed by atoms with Crippen LogP contribution >= 0.6 is 0 Å². The molecule has 0 aliphatic rings. The number of hydrogen-bond acceptors (Lipinski definition) is 4. The zero-order valence-corrected chi connectivity index (χ0v) is 14.4. The highest BCUT2D eigenvalue weighted by atomic mass is 19.1. The monoisotopic (exact) mass is 345 g/mol. The SMILES string of the molecule is Cc1ccc([N+](=O)[O-])c(NC(=O)CN(C)Cc2ccccc2F)c1C. The fourth-order valence-electron chi connectivity index (χ4n) is 2.51. The Morgan fingerprint density at radius 3 is 2.56 bits per heavy atom. The molecule has 0 saturated carbocycles. The first-order chi connectivity index (χ1) is 11.8. The Balaban J connectivity index is 2.09. The molecule has 0 saturated heterocycles. The number of carbonyl (C=O) groups excluding carboxylic acids is 1. The molecule has 0 aliphatic carbocycles. The van der Waals surface area contributed by atoms with Crippen LogP contribution in [0.5, 0.6) is 0 Å². The zero-order valence-electron chi connectivity index (χ0n) is 14.4. The number of nitrogens with one attached hydrogen (secondary N) is 1. The second-order valence-corrected chi connectivity index (χ2v) is 5.97. The molecule has 0 radical (unpaired) electrons. The summed E-state index contributed by atoms with van der Waals surface area (Å²) in [6.07, 6.45) is 0. The molecule has 0 unspecified atom stereocenters. The Hall–Kier alpha value is -2.80. The van der Waals surface area contributed by atoms with E-state index < -0.39 is 10.8 Å². The van der Waals surface area contributed by atoms with Gasteiger partial charge in [0.15, 0.2) is 0 Å². The lowest BCUT2D eigenvalue weighted by Gasteiger charge is -2.17. The molecule has 132 valence electrons. The van der Waals surface area contributed by atoms with Gasteiger partial charge in [-0.3, -0.25) is 19.8 Å². The summed E-state index contributed by atoms with van der Waals surface area (Å²) in [6, 6.07) is 9.37. The van der Waals surface area contributed by atoms with Gasteiger partial charge >= 0.3 is 0 Å². The van der Waals surface area contributed by atoms with Gasteiger partial charge in [-0.2, -0.15) is 0 Å². The maximum absolute atomic E-state index is 13.7. The molecule has 1 amide bonds. The van der Waals surface area contributed by atoms with Gasteiger partial charge in [0.25, 0.3) is 5.69 Å². The van der Waals surface area contributed by atoms with Crippen LogP contribution in [0.15, 0.2) is 36.4 Å². The number of rotatable bonds is 6. The normalized spacial score (nSPS) is 10.8. The van der Waals surface area contributed by atoms with E-state index >= 15 is 0 Å². The molecule has 0 spiro atoms. The van der Waals surface area contributed by atoms with Gasteiger partial charge < -0.3 is 5.32 Å². The highest BCUT2D eigenvalue weighted by Crippen LogP contribution is 2.30. The van der Waals surface area contributed by atoms with Gasteiger partial charge in [-0.1, -0.05) is 24.3 Å². The molecule has 0 atom stereocenters. The van der Waals surface area contributed by atoms with Crippen molar-refractivity contribution in [2.75, 3.05) is 18.9 Å². The number of nitrogens with zero attached hydrogens (tertiary/aromatic N) is 2. The molecule has 1 N–H and O–H groups in total. The van der Waals surface area contributed by atoms with Crippen molar-refractivity contribution >= 4 is 17.3 Å². The molecule has 7 heteroatoms. The minimum absolute atomic E-state index is 0.0150. The molecule has 0 fully saturated rings. The predicted octanol–water partition coefficient (Wildman–Crippen LogP) is 3.42. The number of halogens is 1. The molecule has 0 aromatic heterocycles. The molecule has 0 aliphatic heterocycles. The maximum Gasteiger partial charge on any atom is 0.293 e. The minimum atomic E-state index is -0.523. The van der Waals surface area contributed by atoms with Gasteiger partial charge in [-0.25, -0.2) is 4.39 Å². The molecule has 2 aromatic rings. The number of aryl methyl sites for hydroxylation is 1. The number of anilines is 1. The highest BCUT2D eigenvalue weighted by Gasteiger charge is 2.20. The number of amides is 1. The summed E-state index contributed by atoms with van der Waals surface area (Å²) in [4.78, 5) is 24.6. The molecule has 2 aromatic carbocycles. The number of carbonyl (C=O) groups is 1. The predicted molar refractivity (Wildman–Crippen MR) is 93.9 cm³/mol. The number of benzene rings is 2. The van der Waals surface area contributed by atoms with Crippen LogP contribution in [0.25, 0.3) is 0 Å². The summed E-state index contributed by atoms with van der Waals surface area (Å²) in [5.74, 6) is -0.726. The highest BCUT2D eigenvalue weighted by molar-refractivity contribution is 5.95. The fraction of sp³-hybridized carbons (Fsp3) is 0.278. The summed E-state index contributed by atoms with van der Waals surface area (Å²) >= 11 is 0. The Morgan fingerprint density at radius 1 is 1.24 bits per heavy atom. The van der Waals surface area contributed by atoms with Crippen molar-refractivity contribution in [3.63, 3.8) is 0 Å². The Kier molecular flexibility index (Phi) is 5.82. The van der Waals surface area contributed by atoms with Crippen molar-refractivity contribution in [2.45, 2.75) is 20.4 Å². The van der Waals surface area contributed by atoms with Crippen LogP contribution < -0.4 is 5.32 Å². The largest absolute Gasteiger partial charge is 0.319 e. The molecule has 2 rings (SSSR count). The average molecular weight is 345 g/mol. The van der Waals surface area contributed by atoms with Gasteiger partial charge in [0.05, 0.1) is 11.5 Å².